The van der Waals surface area contributed by atoms with Gasteiger partial charge in [0.05, 0.1) is 11.6 Å². The van der Waals surface area contributed by atoms with Crippen molar-refractivity contribution in [3.63, 3.8) is 0 Å². The smallest absolute Gasteiger partial charge is 0.255 e. The number of benzene rings is 1. The number of ketones is 2. The number of aliphatic hydroxyl groups excluding tert-OH is 2. The number of carbonyl (C=O) groups is 3. The molecule has 0 radical (unpaired) electrons. The van der Waals surface area contributed by atoms with Gasteiger partial charge in [-0.2, -0.15) is 0 Å². The van der Waals surface area contributed by atoms with Crippen molar-refractivity contribution in [2.24, 2.45) is 23.3 Å². The van der Waals surface area contributed by atoms with Crippen LogP contribution in [0.25, 0.3) is 5.76 Å². The first-order valence-corrected chi connectivity index (χ1v) is 9.13. The molecule has 3 aliphatic carbocycles. The van der Waals surface area contributed by atoms with Crippen LogP contribution in [-0.2, 0) is 20.8 Å². The van der Waals surface area contributed by atoms with Gasteiger partial charge in [0.2, 0.25) is 5.78 Å². The molecule has 29 heavy (non-hydrogen) atoms. The molecule has 0 heterocycles. The van der Waals surface area contributed by atoms with Crippen LogP contribution >= 0.6 is 11.6 Å². The lowest BCUT2D eigenvalue weighted by atomic mass is 9.58. The zero-order valence-electron chi connectivity index (χ0n) is 14.8. The summed E-state index contributed by atoms with van der Waals surface area (Å²) < 4.78 is 0. The number of aromatic hydroxyl groups is 1. The zero-order chi connectivity index (χ0) is 21.4. The van der Waals surface area contributed by atoms with Crippen molar-refractivity contribution in [3.8, 4) is 5.75 Å². The van der Waals surface area contributed by atoms with Crippen molar-refractivity contribution in [1.29, 1.82) is 0 Å². The summed E-state index contributed by atoms with van der Waals surface area (Å²) in [7, 11) is 0. The highest BCUT2D eigenvalue weighted by molar-refractivity contribution is 6.32. The van der Waals surface area contributed by atoms with E-state index >= 15 is 0 Å². The number of hydrogen-bond acceptors (Lipinski definition) is 8. The Morgan fingerprint density at radius 2 is 1.86 bits per heavy atom. The minimum atomic E-state index is -2.71. The topological polar surface area (TPSA) is 184 Å². The van der Waals surface area contributed by atoms with Gasteiger partial charge < -0.3 is 31.9 Å². The molecular formula is C19H17ClN2O7. The number of hydrogen-bond donors (Lipinski definition) is 6. The monoisotopic (exact) mass is 420 g/mol. The normalized spacial score (nSPS) is 31.3. The fourth-order valence-corrected chi connectivity index (χ4v) is 4.91. The van der Waals surface area contributed by atoms with Gasteiger partial charge in [-0.15, -0.1) is 0 Å². The molecule has 0 aromatic heterocycles. The molecule has 1 amide bonds. The maximum atomic E-state index is 13.3. The van der Waals surface area contributed by atoms with E-state index in [-0.39, 0.29) is 34.8 Å². The van der Waals surface area contributed by atoms with Crippen molar-refractivity contribution in [2.75, 3.05) is 0 Å². The first-order valence-electron chi connectivity index (χ1n) is 8.76. The van der Waals surface area contributed by atoms with E-state index < -0.39 is 58.0 Å². The molecule has 1 aromatic carbocycles. The number of rotatable bonds is 1. The van der Waals surface area contributed by atoms with E-state index in [4.69, 9.17) is 23.1 Å². The van der Waals surface area contributed by atoms with Crippen LogP contribution in [0.15, 0.2) is 29.0 Å². The van der Waals surface area contributed by atoms with E-state index in [0.717, 1.165) is 0 Å². The highest BCUT2D eigenvalue weighted by atomic mass is 35.5. The van der Waals surface area contributed by atoms with E-state index in [1.54, 1.807) is 0 Å². The molecule has 10 heteroatoms. The van der Waals surface area contributed by atoms with Crippen molar-refractivity contribution >= 4 is 34.8 Å². The lowest BCUT2D eigenvalue weighted by Crippen LogP contribution is -2.65. The van der Waals surface area contributed by atoms with Crippen LogP contribution in [0.5, 0.6) is 5.75 Å². The van der Waals surface area contributed by atoms with Gasteiger partial charge >= 0.3 is 0 Å². The van der Waals surface area contributed by atoms with Crippen molar-refractivity contribution < 1.29 is 34.8 Å². The van der Waals surface area contributed by atoms with E-state index in [1.165, 1.54) is 12.1 Å². The van der Waals surface area contributed by atoms with Gasteiger partial charge in [0.1, 0.15) is 22.8 Å². The Balaban J connectivity index is 1.98. The summed E-state index contributed by atoms with van der Waals surface area (Å²) >= 11 is 6.18. The number of amides is 1. The molecule has 0 saturated heterocycles. The Labute approximate surface area is 168 Å². The molecule has 4 rings (SSSR count). The first-order chi connectivity index (χ1) is 13.5. The summed E-state index contributed by atoms with van der Waals surface area (Å²) in [5, 5.41) is 42.8. The van der Waals surface area contributed by atoms with Gasteiger partial charge in [-0.25, -0.2) is 0 Å². The largest absolute Gasteiger partial charge is 0.508 e. The first kappa shape index (κ1) is 19.4. The number of halogens is 1. The van der Waals surface area contributed by atoms with Gasteiger partial charge in [-0.1, -0.05) is 11.6 Å². The second kappa shape index (κ2) is 6.06. The number of primary amides is 1. The number of phenols is 1. The summed E-state index contributed by atoms with van der Waals surface area (Å²) in [5.74, 6) is -7.42. The van der Waals surface area contributed by atoms with Crippen LogP contribution in [0.4, 0.5) is 0 Å². The van der Waals surface area contributed by atoms with Crippen LogP contribution in [0.2, 0.25) is 5.02 Å². The highest BCUT2D eigenvalue weighted by Crippen LogP contribution is 2.52. The van der Waals surface area contributed by atoms with Crippen LogP contribution in [0, 0.1) is 11.8 Å². The molecule has 4 atom stereocenters. The van der Waals surface area contributed by atoms with E-state index in [9.17, 15) is 34.8 Å². The second-order valence-electron chi connectivity index (χ2n) is 7.50. The predicted octanol–water partition coefficient (Wildman–Crippen LogP) is 0.0145. The zero-order valence-corrected chi connectivity index (χ0v) is 15.6. The Morgan fingerprint density at radius 1 is 1.21 bits per heavy atom. The van der Waals surface area contributed by atoms with Crippen molar-refractivity contribution in [2.45, 2.75) is 24.5 Å². The SMILES string of the molecule is NC(=O)C1=C(O)[C@@]2(O)C(=O)C3=C(O)c4c(O)ccc(Cl)c4C[C@H]3C[C@H]2[C@@H](N)C1=O. The maximum Gasteiger partial charge on any atom is 0.255 e. The van der Waals surface area contributed by atoms with Crippen LogP contribution in [-0.4, -0.2) is 49.5 Å². The fourth-order valence-electron chi connectivity index (χ4n) is 4.68. The minimum Gasteiger partial charge on any atom is -0.508 e. The molecule has 0 unspecified atom stereocenters. The number of aliphatic hydroxyl groups is 3. The lowest BCUT2D eigenvalue weighted by molar-refractivity contribution is -0.149. The maximum absolute atomic E-state index is 13.3. The van der Waals surface area contributed by atoms with E-state index in [1.807, 2.05) is 0 Å². The Hall–Kier alpha value is -2.88. The van der Waals surface area contributed by atoms with E-state index in [0.29, 0.717) is 5.56 Å². The molecule has 0 spiro atoms. The van der Waals surface area contributed by atoms with Gasteiger partial charge in [-0.05, 0) is 36.5 Å². The molecule has 1 saturated carbocycles. The Morgan fingerprint density at radius 3 is 2.48 bits per heavy atom. The average Bonchev–Trinajstić information content (AvgIpc) is 2.65. The predicted molar refractivity (Wildman–Crippen MR) is 99.8 cm³/mol. The third-order valence-electron chi connectivity index (χ3n) is 6.08. The quantitative estimate of drug-likeness (QED) is 0.343. The molecule has 9 nitrogen and oxygen atoms in total. The second-order valence-corrected chi connectivity index (χ2v) is 7.91. The minimum absolute atomic E-state index is 0.0473. The molecule has 0 bridgehead atoms. The lowest BCUT2D eigenvalue weighted by Gasteiger charge is -2.48. The highest BCUT2D eigenvalue weighted by Gasteiger charge is 2.63. The Kier molecular flexibility index (Phi) is 4.06. The fraction of sp³-hybridized carbons (Fsp3) is 0.316. The summed E-state index contributed by atoms with van der Waals surface area (Å²) in [4.78, 5) is 37.3. The third kappa shape index (κ3) is 2.32. The van der Waals surface area contributed by atoms with Crippen molar-refractivity contribution in [1.82, 2.24) is 0 Å². The molecule has 152 valence electrons. The summed E-state index contributed by atoms with van der Waals surface area (Å²) in [6.07, 6.45) is 0.0738. The molecule has 1 aromatic rings. The molecule has 3 aliphatic rings. The van der Waals surface area contributed by atoms with Gasteiger partial charge in [0.15, 0.2) is 11.4 Å². The molecule has 8 N–H and O–H groups in total. The van der Waals surface area contributed by atoms with Crippen LogP contribution < -0.4 is 11.5 Å². The summed E-state index contributed by atoms with van der Waals surface area (Å²) in [5.41, 5.74) is 7.52. The van der Waals surface area contributed by atoms with Gasteiger partial charge in [0.25, 0.3) is 5.91 Å². The van der Waals surface area contributed by atoms with Crippen LogP contribution in [0.3, 0.4) is 0 Å². The number of phenolic OH excluding ortho intramolecular Hbond substituents is 1. The van der Waals surface area contributed by atoms with Gasteiger partial charge in [0, 0.05) is 16.5 Å². The molecule has 0 aliphatic heterocycles. The third-order valence-corrected chi connectivity index (χ3v) is 6.43. The van der Waals surface area contributed by atoms with Crippen molar-refractivity contribution in [3.05, 3.63) is 45.2 Å². The summed E-state index contributed by atoms with van der Waals surface area (Å²) in [6.45, 7) is 0. The number of carbonyl (C=O) groups excluding carboxylic acids is 3. The number of Topliss-reactive ketones (excluding diaryl/α,β-unsaturated/α-hetero) is 2. The average molecular weight is 421 g/mol. The van der Waals surface area contributed by atoms with Gasteiger partial charge in [-0.3, -0.25) is 14.4 Å². The molecule has 1 fully saturated rings. The summed E-state index contributed by atoms with van der Waals surface area (Å²) in [6, 6.07) is 1.23. The number of fused-ring (bicyclic) bond motifs is 3. The number of nitrogens with two attached hydrogens (primary N) is 2. The van der Waals surface area contributed by atoms with Crippen LogP contribution in [0.1, 0.15) is 17.5 Å². The standard InChI is InChI=1S/C19H17ClN2O7/c20-8-1-2-9(23)11-6(8)3-5-4-7-13(21)15(25)12(18(22)28)17(27)19(7,29)16(26)10(5)14(11)24/h1-2,5,7,13,23-24,27,29H,3-4,21H2,(H2,22,28)/t5-,7-,13+,19-/m0/s1. The molecular weight excluding hydrogens is 404 g/mol. The van der Waals surface area contributed by atoms with E-state index in [2.05, 4.69) is 0 Å². The Bertz CT molecular complexity index is 1080.